The fourth-order valence-corrected chi connectivity index (χ4v) is 3.77. The number of nitrogens with one attached hydrogen (secondary N) is 1. The molecule has 0 aliphatic carbocycles. The van der Waals surface area contributed by atoms with Crippen LogP contribution in [0.25, 0.3) is 22.0 Å². The van der Waals surface area contributed by atoms with Gasteiger partial charge in [-0.25, -0.2) is 8.42 Å². The molecule has 0 radical (unpaired) electrons. The first-order chi connectivity index (χ1) is 11.2. The SMILES string of the molecule is CS(=O)(=O)CC(O)c1[nH]c2ccc(Cl)cc2c1-c1ccc(Cl)cc1. The first-order valence-corrected chi connectivity index (χ1v) is 9.99. The smallest absolute Gasteiger partial charge is 0.150 e. The number of hydrogen-bond acceptors (Lipinski definition) is 3. The van der Waals surface area contributed by atoms with Crippen LogP contribution < -0.4 is 0 Å². The van der Waals surface area contributed by atoms with Crippen molar-refractivity contribution in [2.75, 3.05) is 12.0 Å². The van der Waals surface area contributed by atoms with Gasteiger partial charge in [-0.3, -0.25) is 0 Å². The third-order valence-electron chi connectivity index (χ3n) is 3.72. The van der Waals surface area contributed by atoms with Gasteiger partial charge in [0.25, 0.3) is 0 Å². The zero-order valence-corrected chi connectivity index (χ0v) is 15.1. The van der Waals surface area contributed by atoms with E-state index in [1.54, 1.807) is 30.3 Å². The molecule has 0 aliphatic rings. The van der Waals surface area contributed by atoms with Gasteiger partial charge in [-0.15, -0.1) is 0 Å². The maximum atomic E-state index is 11.6. The van der Waals surface area contributed by atoms with Crippen LogP contribution in [-0.4, -0.2) is 30.5 Å². The minimum Gasteiger partial charge on any atom is -0.386 e. The van der Waals surface area contributed by atoms with Gasteiger partial charge in [0.1, 0.15) is 15.9 Å². The molecule has 2 N–H and O–H groups in total. The van der Waals surface area contributed by atoms with E-state index < -0.39 is 15.9 Å². The first-order valence-electron chi connectivity index (χ1n) is 7.17. The lowest BCUT2D eigenvalue weighted by Gasteiger charge is -2.11. The number of benzene rings is 2. The van der Waals surface area contributed by atoms with Crippen LogP contribution in [0.15, 0.2) is 42.5 Å². The molecular weight excluding hydrogens is 369 g/mol. The Bertz CT molecular complexity index is 995. The largest absolute Gasteiger partial charge is 0.386 e. The van der Waals surface area contributed by atoms with E-state index >= 15 is 0 Å². The predicted octanol–water partition coefficient (Wildman–Crippen LogP) is 4.22. The van der Waals surface area contributed by atoms with Crippen molar-refractivity contribution < 1.29 is 13.5 Å². The average Bonchev–Trinajstić information content (AvgIpc) is 2.85. The van der Waals surface area contributed by atoms with Gasteiger partial charge >= 0.3 is 0 Å². The van der Waals surface area contributed by atoms with E-state index in [-0.39, 0.29) is 5.75 Å². The molecule has 126 valence electrons. The van der Waals surface area contributed by atoms with Crippen molar-refractivity contribution in [3.05, 3.63) is 58.2 Å². The topological polar surface area (TPSA) is 70.2 Å². The summed E-state index contributed by atoms with van der Waals surface area (Å²) in [6.07, 6.45) is -0.0746. The molecule has 0 saturated carbocycles. The molecule has 0 aliphatic heterocycles. The Kier molecular flexibility index (Phi) is 4.62. The van der Waals surface area contributed by atoms with Crippen LogP contribution >= 0.6 is 23.2 Å². The molecule has 1 aromatic heterocycles. The standard InChI is InChI=1S/C17H15Cl2NO3S/c1-24(22,23)9-15(21)17-16(10-2-4-11(18)5-3-10)13-8-12(19)6-7-14(13)20-17/h2-8,15,20-21H,9H2,1H3. The van der Waals surface area contributed by atoms with Crippen LogP contribution in [0.3, 0.4) is 0 Å². The molecule has 0 saturated heterocycles. The zero-order chi connectivity index (χ0) is 17.5. The van der Waals surface area contributed by atoms with Crippen LogP contribution in [0.1, 0.15) is 11.8 Å². The van der Waals surface area contributed by atoms with E-state index in [1.807, 2.05) is 12.1 Å². The lowest BCUT2D eigenvalue weighted by atomic mass is 10.00. The molecule has 3 aromatic rings. The summed E-state index contributed by atoms with van der Waals surface area (Å²) in [7, 11) is -3.34. The number of H-pyrrole nitrogens is 1. The number of fused-ring (bicyclic) bond motifs is 1. The monoisotopic (exact) mass is 383 g/mol. The second-order valence-corrected chi connectivity index (χ2v) is 8.78. The van der Waals surface area contributed by atoms with Gasteiger partial charge in [-0.1, -0.05) is 35.3 Å². The Morgan fingerprint density at radius 2 is 1.71 bits per heavy atom. The molecule has 4 nitrogen and oxygen atoms in total. The summed E-state index contributed by atoms with van der Waals surface area (Å²) < 4.78 is 23.1. The minimum atomic E-state index is -3.34. The van der Waals surface area contributed by atoms with Gasteiger partial charge in [-0.05, 0) is 35.9 Å². The zero-order valence-electron chi connectivity index (χ0n) is 12.8. The van der Waals surface area contributed by atoms with Crippen LogP contribution in [0.5, 0.6) is 0 Å². The molecular formula is C17H15Cl2NO3S. The maximum Gasteiger partial charge on any atom is 0.150 e. The number of hydrogen-bond donors (Lipinski definition) is 2. The molecule has 7 heteroatoms. The number of rotatable bonds is 4. The lowest BCUT2D eigenvalue weighted by Crippen LogP contribution is -2.13. The third kappa shape index (κ3) is 3.59. The second kappa shape index (κ2) is 6.41. The van der Waals surface area contributed by atoms with Crippen molar-refractivity contribution in [1.82, 2.24) is 4.98 Å². The first kappa shape index (κ1) is 17.3. The second-order valence-electron chi connectivity index (χ2n) is 5.72. The minimum absolute atomic E-state index is 0.367. The van der Waals surface area contributed by atoms with Crippen LogP contribution in [0, 0.1) is 0 Å². The molecule has 1 atom stereocenters. The molecule has 0 spiro atoms. The fraction of sp³-hybridized carbons (Fsp3) is 0.176. The summed E-state index contributed by atoms with van der Waals surface area (Å²) in [5.74, 6) is -0.367. The van der Waals surface area contributed by atoms with Crippen molar-refractivity contribution in [1.29, 1.82) is 0 Å². The van der Waals surface area contributed by atoms with Gasteiger partial charge in [-0.2, -0.15) is 0 Å². The highest BCUT2D eigenvalue weighted by Crippen LogP contribution is 2.37. The van der Waals surface area contributed by atoms with Crippen molar-refractivity contribution in [2.24, 2.45) is 0 Å². The summed E-state index contributed by atoms with van der Waals surface area (Å²) in [5, 5.41) is 12.4. The van der Waals surface area contributed by atoms with Gasteiger partial charge < -0.3 is 10.1 Å². The quantitative estimate of drug-likeness (QED) is 0.708. The van der Waals surface area contributed by atoms with E-state index in [1.165, 1.54) is 0 Å². The predicted molar refractivity (Wildman–Crippen MR) is 98.4 cm³/mol. The summed E-state index contributed by atoms with van der Waals surface area (Å²) in [5.41, 5.74) is 2.75. The Labute approximate surface area is 150 Å². The Hall–Kier alpha value is -1.53. The fourth-order valence-electron chi connectivity index (χ4n) is 2.73. The average molecular weight is 384 g/mol. The Balaban J connectivity index is 2.24. The van der Waals surface area contributed by atoms with Crippen molar-refractivity contribution >= 4 is 43.9 Å². The molecule has 0 amide bonds. The summed E-state index contributed by atoms with van der Waals surface area (Å²) in [6.45, 7) is 0. The molecule has 3 rings (SSSR count). The number of aromatic amines is 1. The van der Waals surface area contributed by atoms with E-state index in [0.29, 0.717) is 15.7 Å². The molecule has 2 aromatic carbocycles. The van der Waals surface area contributed by atoms with Crippen molar-refractivity contribution in [3.8, 4) is 11.1 Å². The normalized spacial score (nSPS) is 13.3. The number of aliphatic hydroxyl groups excluding tert-OH is 1. The molecule has 0 fully saturated rings. The van der Waals surface area contributed by atoms with E-state index in [2.05, 4.69) is 4.98 Å². The number of halogens is 2. The maximum absolute atomic E-state index is 11.6. The molecule has 1 heterocycles. The van der Waals surface area contributed by atoms with Crippen LogP contribution in [0.4, 0.5) is 0 Å². The Morgan fingerprint density at radius 3 is 2.33 bits per heavy atom. The highest BCUT2D eigenvalue weighted by Gasteiger charge is 2.22. The Morgan fingerprint density at radius 1 is 1.08 bits per heavy atom. The molecule has 24 heavy (non-hydrogen) atoms. The van der Waals surface area contributed by atoms with Gasteiger partial charge in [0, 0.05) is 32.8 Å². The number of aromatic nitrogens is 1. The lowest BCUT2D eigenvalue weighted by molar-refractivity contribution is 0.198. The van der Waals surface area contributed by atoms with E-state index in [9.17, 15) is 13.5 Å². The van der Waals surface area contributed by atoms with Gasteiger partial charge in [0.2, 0.25) is 0 Å². The number of aliphatic hydroxyl groups is 1. The van der Waals surface area contributed by atoms with Gasteiger partial charge in [0.15, 0.2) is 0 Å². The van der Waals surface area contributed by atoms with Crippen LogP contribution in [0.2, 0.25) is 10.0 Å². The summed E-state index contributed by atoms with van der Waals surface area (Å²) in [6, 6.07) is 12.4. The molecule has 0 bridgehead atoms. The number of sulfone groups is 1. The highest BCUT2D eigenvalue weighted by atomic mass is 35.5. The van der Waals surface area contributed by atoms with Gasteiger partial charge in [0.05, 0.1) is 11.4 Å². The summed E-state index contributed by atoms with van der Waals surface area (Å²) in [4.78, 5) is 3.12. The van der Waals surface area contributed by atoms with E-state index in [0.717, 1.165) is 28.3 Å². The van der Waals surface area contributed by atoms with Crippen molar-refractivity contribution in [2.45, 2.75) is 6.10 Å². The van der Waals surface area contributed by atoms with Crippen molar-refractivity contribution in [3.63, 3.8) is 0 Å². The highest BCUT2D eigenvalue weighted by molar-refractivity contribution is 7.90. The van der Waals surface area contributed by atoms with E-state index in [4.69, 9.17) is 23.2 Å². The summed E-state index contributed by atoms with van der Waals surface area (Å²) >= 11 is 12.1. The third-order valence-corrected chi connectivity index (χ3v) is 5.12. The van der Waals surface area contributed by atoms with Crippen LogP contribution in [-0.2, 0) is 9.84 Å². The molecule has 1 unspecified atom stereocenters.